The summed E-state index contributed by atoms with van der Waals surface area (Å²) in [5.74, 6) is 1.30. The first-order valence-corrected chi connectivity index (χ1v) is 12.3. The van der Waals surface area contributed by atoms with E-state index in [-0.39, 0.29) is 17.9 Å². The SMILES string of the molecule is CCc1ccccc1[C@H](C(C)=O)N1CC[C@@H](OCCCCc2ccc3c(n2)NCCC3)C1. The maximum absolute atomic E-state index is 12.5. The molecule has 32 heavy (non-hydrogen) atoms. The van der Waals surface area contributed by atoms with Crippen LogP contribution >= 0.6 is 0 Å². The summed E-state index contributed by atoms with van der Waals surface area (Å²) in [5, 5.41) is 3.42. The zero-order valence-corrected chi connectivity index (χ0v) is 19.6. The molecule has 1 N–H and O–H groups in total. The highest BCUT2D eigenvalue weighted by Gasteiger charge is 2.33. The van der Waals surface area contributed by atoms with Gasteiger partial charge in [0, 0.05) is 31.9 Å². The first-order valence-electron chi connectivity index (χ1n) is 12.3. The highest BCUT2D eigenvalue weighted by molar-refractivity contribution is 5.83. The molecule has 4 rings (SSSR count). The van der Waals surface area contributed by atoms with Crippen LogP contribution in [0.5, 0.6) is 0 Å². The van der Waals surface area contributed by atoms with E-state index in [2.05, 4.69) is 47.5 Å². The largest absolute Gasteiger partial charge is 0.377 e. The number of nitrogens with zero attached hydrogens (tertiary/aromatic N) is 2. The standard InChI is InChI=1S/C27H37N3O2/c1-3-21-9-4-5-12-25(21)26(20(2)31)30-17-15-24(19-30)32-18-7-6-11-23-14-13-22-10-8-16-28-27(22)29-23/h4-5,9,12-14,24,26H,3,6-8,10-11,15-19H2,1-2H3,(H,28,29)/t24-,26+/m1/s1. The number of fused-ring (bicyclic) bond motifs is 1. The van der Waals surface area contributed by atoms with Gasteiger partial charge in [-0.2, -0.15) is 0 Å². The summed E-state index contributed by atoms with van der Waals surface area (Å²) in [7, 11) is 0. The number of aryl methyl sites for hydroxylation is 3. The molecule has 0 unspecified atom stereocenters. The van der Waals surface area contributed by atoms with Crippen molar-refractivity contribution in [3.8, 4) is 0 Å². The third-order valence-electron chi connectivity index (χ3n) is 6.79. The molecule has 0 saturated carbocycles. The number of carbonyl (C=O) groups excluding carboxylic acids is 1. The van der Waals surface area contributed by atoms with Crippen LogP contribution in [0.2, 0.25) is 0 Å². The number of rotatable bonds is 10. The lowest BCUT2D eigenvalue weighted by molar-refractivity contribution is -0.122. The summed E-state index contributed by atoms with van der Waals surface area (Å²) in [6.45, 7) is 7.43. The minimum atomic E-state index is -0.150. The van der Waals surface area contributed by atoms with E-state index in [0.29, 0.717) is 0 Å². The van der Waals surface area contributed by atoms with E-state index >= 15 is 0 Å². The summed E-state index contributed by atoms with van der Waals surface area (Å²) >= 11 is 0. The second-order valence-electron chi connectivity index (χ2n) is 9.14. The Bertz CT molecular complexity index is 914. The summed E-state index contributed by atoms with van der Waals surface area (Å²) in [6.07, 6.45) is 7.61. The number of hydrogen-bond donors (Lipinski definition) is 1. The van der Waals surface area contributed by atoms with Crippen LogP contribution in [0.4, 0.5) is 5.82 Å². The molecule has 2 aliphatic heterocycles. The van der Waals surface area contributed by atoms with Crippen LogP contribution in [-0.4, -0.2) is 48.0 Å². The number of aromatic nitrogens is 1. The van der Waals surface area contributed by atoms with Gasteiger partial charge in [0.2, 0.25) is 0 Å². The summed E-state index contributed by atoms with van der Waals surface area (Å²) in [5.41, 5.74) is 4.95. The number of hydrogen-bond acceptors (Lipinski definition) is 5. The molecule has 0 aliphatic carbocycles. The maximum atomic E-state index is 12.5. The van der Waals surface area contributed by atoms with E-state index in [1.807, 2.05) is 6.07 Å². The molecule has 2 aromatic rings. The molecule has 2 aliphatic rings. The van der Waals surface area contributed by atoms with Gasteiger partial charge in [-0.25, -0.2) is 4.98 Å². The van der Waals surface area contributed by atoms with Gasteiger partial charge in [-0.05, 0) is 74.6 Å². The molecule has 1 fully saturated rings. The Balaban J connectivity index is 1.22. The molecule has 172 valence electrons. The monoisotopic (exact) mass is 435 g/mol. The van der Waals surface area contributed by atoms with Crippen LogP contribution in [0.3, 0.4) is 0 Å². The van der Waals surface area contributed by atoms with E-state index < -0.39 is 0 Å². The number of ketones is 1. The van der Waals surface area contributed by atoms with Crippen LogP contribution in [0.1, 0.15) is 68.0 Å². The highest BCUT2D eigenvalue weighted by atomic mass is 16.5. The quantitative estimate of drug-likeness (QED) is 0.546. The van der Waals surface area contributed by atoms with Crippen LogP contribution in [0, 0.1) is 0 Å². The minimum Gasteiger partial charge on any atom is -0.377 e. The molecule has 0 amide bonds. The van der Waals surface area contributed by atoms with Crippen molar-refractivity contribution in [3.05, 3.63) is 58.8 Å². The topological polar surface area (TPSA) is 54.5 Å². The normalized spacial score (nSPS) is 19.4. The van der Waals surface area contributed by atoms with Crippen LogP contribution < -0.4 is 5.32 Å². The number of anilines is 1. The second kappa shape index (κ2) is 11.1. The molecule has 5 heteroatoms. The number of pyridine rings is 1. The van der Waals surface area contributed by atoms with Crippen molar-refractivity contribution in [2.24, 2.45) is 0 Å². The van der Waals surface area contributed by atoms with Gasteiger partial charge >= 0.3 is 0 Å². The van der Waals surface area contributed by atoms with Crippen molar-refractivity contribution < 1.29 is 9.53 Å². The van der Waals surface area contributed by atoms with Gasteiger partial charge in [-0.15, -0.1) is 0 Å². The predicted octanol–water partition coefficient (Wildman–Crippen LogP) is 4.75. The van der Waals surface area contributed by atoms with Gasteiger partial charge in [0.25, 0.3) is 0 Å². The van der Waals surface area contributed by atoms with Crippen molar-refractivity contribution in [2.75, 3.05) is 31.6 Å². The van der Waals surface area contributed by atoms with E-state index in [9.17, 15) is 4.79 Å². The van der Waals surface area contributed by atoms with Gasteiger partial charge in [-0.1, -0.05) is 37.3 Å². The van der Waals surface area contributed by atoms with Crippen molar-refractivity contribution in [3.63, 3.8) is 0 Å². The minimum absolute atomic E-state index is 0.150. The number of benzene rings is 1. The van der Waals surface area contributed by atoms with Crippen molar-refractivity contribution in [1.29, 1.82) is 0 Å². The molecule has 2 atom stereocenters. The lowest BCUT2D eigenvalue weighted by atomic mass is 9.95. The Morgan fingerprint density at radius 3 is 2.97 bits per heavy atom. The Hall–Kier alpha value is -2.24. The average Bonchev–Trinajstić information content (AvgIpc) is 3.27. The lowest BCUT2D eigenvalue weighted by Crippen LogP contribution is -2.33. The van der Waals surface area contributed by atoms with Crippen LogP contribution in [0.25, 0.3) is 0 Å². The Morgan fingerprint density at radius 2 is 2.12 bits per heavy atom. The molecular weight excluding hydrogens is 398 g/mol. The molecule has 0 bridgehead atoms. The van der Waals surface area contributed by atoms with Gasteiger partial charge in [-0.3, -0.25) is 9.69 Å². The fourth-order valence-corrected chi connectivity index (χ4v) is 5.09. The molecule has 1 saturated heterocycles. The summed E-state index contributed by atoms with van der Waals surface area (Å²) in [4.78, 5) is 19.6. The summed E-state index contributed by atoms with van der Waals surface area (Å²) in [6, 6.07) is 12.6. The molecular formula is C27H37N3O2. The Kier molecular flexibility index (Phi) is 7.93. The fourth-order valence-electron chi connectivity index (χ4n) is 5.09. The zero-order chi connectivity index (χ0) is 22.3. The Morgan fingerprint density at radius 1 is 1.25 bits per heavy atom. The smallest absolute Gasteiger partial charge is 0.151 e. The zero-order valence-electron chi connectivity index (χ0n) is 19.6. The third-order valence-corrected chi connectivity index (χ3v) is 6.79. The lowest BCUT2D eigenvalue weighted by Gasteiger charge is -2.27. The highest BCUT2D eigenvalue weighted by Crippen LogP contribution is 2.30. The van der Waals surface area contributed by atoms with Crippen molar-refractivity contribution in [2.45, 2.75) is 70.9 Å². The number of unbranched alkanes of at least 4 members (excludes halogenated alkanes) is 1. The molecule has 0 radical (unpaired) electrons. The molecule has 1 aromatic heterocycles. The fraction of sp³-hybridized carbons (Fsp3) is 0.556. The van der Waals surface area contributed by atoms with Gasteiger partial charge in [0.15, 0.2) is 5.78 Å². The molecule has 1 aromatic carbocycles. The third kappa shape index (κ3) is 5.57. The number of ether oxygens (including phenoxy) is 1. The van der Waals surface area contributed by atoms with E-state index in [1.165, 1.54) is 23.2 Å². The van der Waals surface area contributed by atoms with E-state index in [0.717, 1.165) is 76.1 Å². The van der Waals surface area contributed by atoms with Crippen molar-refractivity contribution >= 4 is 11.6 Å². The second-order valence-corrected chi connectivity index (χ2v) is 9.14. The number of Topliss-reactive ketones (excluding diaryl/α,β-unsaturated/α-hetero) is 1. The van der Waals surface area contributed by atoms with E-state index in [1.54, 1.807) is 6.92 Å². The van der Waals surface area contributed by atoms with E-state index in [4.69, 9.17) is 9.72 Å². The van der Waals surface area contributed by atoms with Gasteiger partial charge in [0.1, 0.15) is 5.82 Å². The van der Waals surface area contributed by atoms with Gasteiger partial charge < -0.3 is 10.1 Å². The average molecular weight is 436 g/mol. The molecule has 3 heterocycles. The molecule has 5 nitrogen and oxygen atoms in total. The predicted molar refractivity (Wildman–Crippen MR) is 129 cm³/mol. The van der Waals surface area contributed by atoms with Crippen molar-refractivity contribution in [1.82, 2.24) is 9.88 Å². The molecule has 0 spiro atoms. The first-order chi connectivity index (χ1) is 15.7. The number of carbonyl (C=O) groups is 1. The summed E-state index contributed by atoms with van der Waals surface area (Å²) < 4.78 is 6.20. The Labute approximate surface area is 192 Å². The maximum Gasteiger partial charge on any atom is 0.151 e. The van der Waals surface area contributed by atoms with Crippen LogP contribution in [0.15, 0.2) is 36.4 Å². The van der Waals surface area contributed by atoms with Gasteiger partial charge in [0.05, 0.1) is 12.1 Å². The first kappa shape index (κ1) is 22.9. The number of nitrogens with one attached hydrogen (secondary N) is 1. The number of likely N-dealkylation sites (tertiary alicyclic amines) is 1. The van der Waals surface area contributed by atoms with Crippen LogP contribution in [-0.2, 0) is 28.8 Å².